The molecule has 1 aliphatic heterocycles. The summed E-state index contributed by atoms with van der Waals surface area (Å²) in [4.78, 5) is 10.4. The maximum absolute atomic E-state index is 10.4. The number of carboxylic acid groups (broad SMARTS) is 1. The van der Waals surface area contributed by atoms with Crippen molar-refractivity contribution in [3.8, 4) is 0 Å². The third kappa shape index (κ3) is 12.5. The van der Waals surface area contributed by atoms with Crippen LogP contribution in [-0.2, 0) is 9.53 Å². The van der Waals surface area contributed by atoms with Crippen LogP contribution in [0.3, 0.4) is 0 Å². The van der Waals surface area contributed by atoms with E-state index in [0.717, 1.165) is 25.4 Å². The van der Waals surface area contributed by atoms with Crippen LogP contribution in [0.15, 0.2) is 0 Å². The molecule has 0 saturated carbocycles. The fourth-order valence-corrected chi connectivity index (χ4v) is 3.41. The second-order valence-electron chi connectivity index (χ2n) is 7.24. The highest BCUT2D eigenvalue weighted by atomic mass is 16.6. The van der Waals surface area contributed by atoms with Gasteiger partial charge in [0.1, 0.15) is 0 Å². The summed E-state index contributed by atoms with van der Waals surface area (Å²) >= 11 is 0. The Morgan fingerprint density at radius 3 is 1.87 bits per heavy atom. The van der Waals surface area contributed by atoms with Gasteiger partial charge in [-0.3, -0.25) is 4.79 Å². The van der Waals surface area contributed by atoms with E-state index < -0.39 is 5.97 Å². The Morgan fingerprint density at radius 2 is 1.39 bits per heavy atom. The molecule has 2 atom stereocenters. The lowest BCUT2D eigenvalue weighted by Crippen LogP contribution is -2.08. The molecule has 1 aliphatic rings. The smallest absolute Gasteiger partial charge is 0.303 e. The molecule has 1 rings (SSSR count). The van der Waals surface area contributed by atoms with Gasteiger partial charge in [-0.2, -0.15) is 0 Å². The van der Waals surface area contributed by atoms with E-state index in [9.17, 15) is 4.79 Å². The average molecular weight is 327 g/mol. The van der Waals surface area contributed by atoms with Crippen molar-refractivity contribution in [1.82, 2.24) is 0 Å². The lowest BCUT2D eigenvalue weighted by atomic mass is 9.92. The van der Waals surface area contributed by atoms with Gasteiger partial charge in [0, 0.05) is 6.42 Å². The highest BCUT2D eigenvalue weighted by molar-refractivity contribution is 5.66. The Hall–Kier alpha value is -0.570. The first-order valence-electron chi connectivity index (χ1n) is 10.1. The number of carboxylic acids is 1. The Kier molecular flexibility index (Phi) is 12.3. The van der Waals surface area contributed by atoms with Crippen molar-refractivity contribution >= 4 is 5.97 Å². The quantitative estimate of drug-likeness (QED) is 0.265. The van der Waals surface area contributed by atoms with Crippen LogP contribution >= 0.6 is 0 Å². The second-order valence-corrected chi connectivity index (χ2v) is 7.24. The molecule has 1 fully saturated rings. The lowest BCUT2D eigenvalue weighted by molar-refractivity contribution is -0.137. The molecule has 0 amide bonds. The summed E-state index contributed by atoms with van der Waals surface area (Å²) in [5.41, 5.74) is 0. The summed E-state index contributed by atoms with van der Waals surface area (Å²) < 4.78 is 5.50. The fraction of sp³-hybridized carbons (Fsp3) is 0.950. The summed E-state index contributed by atoms with van der Waals surface area (Å²) in [6.45, 7) is 3.29. The predicted octanol–water partition coefficient (Wildman–Crippen LogP) is 5.96. The molecule has 0 aromatic rings. The Bertz CT molecular complexity index is 287. The molecule has 3 nitrogen and oxygen atoms in total. The van der Waals surface area contributed by atoms with E-state index in [1.807, 2.05) is 0 Å². The minimum Gasteiger partial charge on any atom is -0.481 e. The van der Waals surface area contributed by atoms with Gasteiger partial charge in [-0.05, 0) is 25.2 Å². The van der Waals surface area contributed by atoms with Gasteiger partial charge < -0.3 is 9.84 Å². The van der Waals surface area contributed by atoms with Crippen molar-refractivity contribution in [2.75, 3.05) is 6.61 Å². The van der Waals surface area contributed by atoms with Crippen LogP contribution in [0.5, 0.6) is 0 Å². The van der Waals surface area contributed by atoms with Gasteiger partial charge >= 0.3 is 5.97 Å². The SMILES string of the molecule is CCCCC(CCCCCCCCCCCCC(=O)O)C1CO1. The number of ether oxygens (including phenoxy) is 1. The van der Waals surface area contributed by atoms with Crippen LogP contribution in [0.2, 0.25) is 0 Å². The molecule has 23 heavy (non-hydrogen) atoms. The average Bonchev–Trinajstić information content (AvgIpc) is 3.35. The molecule has 0 aromatic heterocycles. The number of carbonyl (C=O) groups is 1. The van der Waals surface area contributed by atoms with E-state index in [-0.39, 0.29) is 0 Å². The molecule has 0 bridgehead atoms. The molecule has 136 valence electrons. The topological polar surface area (TPSA) is 49.8 Å². The first kappa shape index (κ1) is 20.5. The van der Waals surface area contributed by atoms with Gasteiger partial charge in [0.25, 0.3) is 0 Å². The van der Waals surface area contributed by atoms with E-state index in [4.69, 9.17) is 9.84 Å². The van der Waals surface area contributed by atoms with Crippen molar-refractivity contribution < 1.29 is 14.6 Å². The molecule has 0 radical (unpaired) electrons. The second kappa shape index (κ2) is 13.8. The molecule has 0 spiro atoms. The van der Waals surface area contributed by atoms with Gasteiger partial charge in [-0.15, -0.1) is 0 Å². The van der Waals surface area contributed by atoms with Gasteiger partial charge in [0.05, 0.1) is 12.7 Å². The monoisotopic (exact) mass is 326 g/mol. The Morgan fingerprint density at radius 1 is 0.913 bits per heavy atom. The van der Waals surface area contributed by atoms with Crippen LogP contribution in [0, 0.1) is 5.92 Å². The zero-order valence-electron chi connectivity index (χ0n) is 15.2. The molecule has 1 heterocycles. The van der Waals surface area contributed by atoms with Gasteiger partial charge in [0.2, 0.25) is 0 Å². The standard InChI is InChI=1S/C20H38O3/c1-2-3-14-18(19-17-23-19)15-12-10-8-6-4-5-7-9-11-13-16-20(21)22/h18-19H,2-17H2,1H3,(H,21,22). The third-order valence-electron chi connectivity index (χ3n) is 5.03. The number of rotatable bonds is 17. The largest absolute Gasteiger partial charge is 0.481 e. The highest BCUT2D eigenvalue weighted by Gasteiger charge is 2.31. The van der Waals surface area contributed by atoms with Crippen molar-refractivity contribution in [3.63, 3.8) is 0 Å². The molecule has 3 heteroatoms. The molecular weight excluding hydrogens is 288 g/mol. The van der Waals surface area contributed by atoms with Crippen LogP contribution in [0.4, 0.5) is 0 Å². The number of unbranched alkanes of at least 4 members (excludes halogenated alkanes) is 10. The summed E-state index contributed by atoms with van der Waals surface area (Å²) in [6, 6.07) is 0. The maximum Gasteiger partial charge on any atom is 0.303 e. The van der Waals surface area contributed by atoms with Crippen molar-refractivity contribution in [2.24, 2.45) is 5.92 Å². The van der Waals surface area contributed by atoms with E-state index in [1.54, 1.807) is 0 Å². The minimum absolute atomic E-state index is 0.338. The number of hydrogen-bond acceptors (Lipinski definition) is 2. The number of epoxide rings is 1. The summed E-state index contributed by atoms with van der Waals surface area (Å²) in [5.74, 6) is 0.177. The minimum atomic E-state index is -0.657. The first-order chi connectivity index (χ1) is 11.2. The van der Waals surface area contributed by atoms with Crippen LogP contribution in [0.1, 0.15) is 103 Å². The number of aliphatic carboxylic acids is 1. The first-order valence-corrected chi connectivity index (χ1v) is 10.1. The molecule has 2 unspecified atom stereocenters. The van der Waals surface area contributed by atoms with Crippen LogP contribution in [-0.4, -0.2) is 23.8 Å². The predicted molar refractivity (Wildman–Crippen MR) is 95.8 cm³/mol. The van der Waals surface area contributed by atoms with Gasteiger partial charge in [0.15, 0.2) is 0 Å². The molecular formula is C20H38O3. The number of hydrogen-bond donors (Lipinski definition) is 1. The molecule has 1 saturated heterocycles. The zero-order valence-corrected chi connectivity index (χ0v) is 15.2. The third-order valence-corrected chi connectivity index (χ3v) is 5.03. The van der Waals surface area contributed by atoms with E-state index in [1.165, 1.54) is 77.0 Å². The van der Waals surface area contributed by atoms with E-state index >= 15 is 0 Å². The summed E-state index contributed by atoms with van der Waals surface area (Å²) in [5, 5.41) is 8.56. The Labute approximate surface area is 143 Å². The van der Waals surface area contributed by atoms with Crippen molar-refractivity contribution in [2.45, 2.75) is 109 Å². The lowest BCUT2D eigenvalue weighted by Gasteiger charge is -2.13. The highest BCUT2D eigenvalue weighted by Crippen LogP contribution is 2.29. The van der Waals surface area contributed by atoms with Gasteiger partial charge in [-0.1, -0.05) is 77.6 Å². The fourth-order valence-electron chi connectivity index (χ4n) is 3.41. The molecule has 0 aliphatic carbocycles. The van der Waals surface area contributed by atoms with E-state index in [0.29, 0.717) is 12.5 Å². The summed E-state index contributed by atoms with van der Waals surface area (Å²) in [6.07, 6.45) is 18.9. The maximum atomic E-state index is 10.4. The van der Waals surface area contributed by atoms with Crippen molar-refractivity contribution in [3.05, 3.63) is 0 Å². The summed E-state index contributed by atoms with van der Waals surface area (Å²) in [7, 11) is 0. The van der Waals surface area contributed by atoms with Crippen molar-refractivity contribution in [1.29, 1.82) is 0 Å². The normalized spacial score (nSPS) is 18.0. The van der Waals surface area contributed by atoms with E-state index in [2.05, 4.69) is 6.92 Å². The van der Waals surface area contributed by atoms with Crippen LogP contribution < -0.4 is 0 Å². The molecule has 0 aromatic carbocycles. The van der Waals surface area contributed by atoms with Crippen LogP contribution in [0.25, 0.3) is 0 Å². The Balaban J connectivity index is 1.79. The van der Waals surface area contributed by atoms with Gasteiger partial charge in [-0.25, -0.2) is 0 Å². The zero-order chi connectivity index (χ0) is 16.8. The molecule has 1 N–H and O–H groups in total.